The lowest BCUT2D eigenvalue weighted by molar-refractivity contribution is -0.130. The molecule has 1 saturated heterocycles. The van der Waals surface area contributed by atoms with E-state index in [9.17, 15) is 4.79 Å². The monoisotopic (exact) mass is 312 g/mol. The number of likely N-dealkylation sites (tertiary alicyclic amines) is 1. The van der Waals surface area contributed by atoms with Crippen LogP contribution in [0.25, 0.3) is 0 Å². The van der Waals surface area contributed by atoms with Gasteiger partial charge in [-0.05, 0) is 24.6 Å². The number of hydrogen-bond acceptors (Lipinski definition) is 3. The van der Waals surface area contributed by atoms with Crippen molar-refractivity contribution in [1.29, 1.82) is 0 Å². The van der Waals surface area contributed by atoms with Gasteiger partial charge in [0, 0.05) is 23.6 Å². The van der Waals surface area contributed by atoms with Gasteiger partial charge < -0.3 is 15.4 Å². The van der Waals surface area contributed by atoms with Crippen molar-refractivity contribution in [3.8, 4) is 5.75 Å². The van der Waals surface area contributed by atoms with Gasteiger partial charge in [0.2, 0.25) is 5.91 Å². The average molecular weight is 313 g/mol. The number of ether oxygens (including phenoxy) is 1. The van der Waals surface area contributed by atoms with Crippen LogP contribution in [0.3, 0.4) is 0 Å². The van der Waals surface area contributed by atoms with Crippen molar-refractivity contribution in [2.24, 2.45) is 5.73 Å². The van der Waals surface area contributed by atoms with E-state index in [2.05, 4.69) is 15.9 Å². The summed E-state index contributed by atoms with van der Waals surface area (Å²) >= 11 is 3.37. The third kappa shape index (κ3) is 3.71. The van der Waals surface area contributed by atoms with Crippen LogP contribution in [0.1, 0.15) is 12.8 Å². The molecule has 1 heterocycles. The molecular formula is C13H17BrN2O2. The number of hydrogen-bond donors (Lipinski definition) is 1. The lowest BCUT2D eigenvalue weighted by Crippen LogP contribution is -2.32. The van der Waals surface area contributed by atoms with Crippen LogP contribution in [-0.2, 0) is 4.79 Å². The van der Waals surface area contributed by atoms with Crippen molar-refractivity contribution in [3.63, 3.8) is 0 Å². The van der Waals surface area contributed by atoms with Crippen LogP contribution in [-0.4, -0.2) is 36.5 Å². The summed E-state index contributed by atoms with van der Waals surface area (Å²) in [5, 5.41) is 0. The molecular weight excluding hydrogens is 296 g/mol. The fraction of sp³-hybridized carbons (Fsp3) is 0.462. The van der Waals surface area contributed by atoms with Crippen LogP contribution < -0.4 is 10.5 Å². The number of carbonyl (C=O) groups is 1. The smallest absolute Gasteiger partial charge is 0.226 e. The number of halogens is 1. The predicted molar refractivity (Wildman–Crippen MR) is 73.4 cm³/mol. The molecule has 1 amide bonds. The number of amides is 1. The van der Waals surface area contributed by atoms with Gasteiger partial charge in [-0.1, -0.05) is 22.0 Å². The molecule has 0 radical (unpaired) electrons. The Morgan fingerprint density at radius 2 is 2.39 bits per heavy atom. The molecule has 1 aromatic carbocycles. The van der Waals surface area contributed by atoms with E-state index in [-0.39, 0.29) is 11.9 Å². The maximum Gasteiger partial charge on any atom is 0.226 e. The van der Waals surface area contributed by atoms with E-state index in [1.165, 1.54) is 0 Å². The number of carbonyl (C=O) groups excluding carboxylic acids is 1. The molecule has 1 aromatic rings. The Balaban J connectivity index is 1.73. The highest BCUT2D eigenvalue weighted by molar-refractivity contribution is 9.10. The quantitative estimate of drug-likeness (QED) is 0.922. The maximum absolute atomic E-state index is 11.8. The van der Waals surface area contributed by atoms with Gasteiger partial charge in [-0.2, -0.15) is 0 Å². The Morgan fingerprint density at radius 3 is 3.06 bits per heavy atom. The van der Waals surface area contributed by atoms with E-state index in [1.54, 1.807) is 0 Å². The van der Waals surface area contributed by atoms with Gasteiger partial charge in [0.1, 0.15) is 5.75 Å². The summed E-state index contributed by atoms with van der Waals surface area (Å²) in [6.07, 6.45) is 1.30. The molecule has 0 spiro atoms. The Morgan fingerprint density at radius 1 is 1.56 bits per heavy atom. The lowest BCUT2D eigenvalue weighted by Gasteiger charge is -2.15. The van der Waals surface area contributed by atoms with Crippen LogP contribution in [0.4, 0.5) is 0 Å². The minimum absolute atomic E-state index is 0.123. The highest BCUT2D eigenvalue weighted by atomic mass is 79.9. The van der Waals surface area contributed by atoms with E-state index in [1.807, 2.05) is 29.2 Å². The molecule has 18 heavy (non-hydrogen) atoms. The largest absolute Gasteiger partial charge is 0.493 e. The predicted octanol–water partition coefficient (Wildman–Crippen LogP) is 1.78. The van der Waals surface area contributed by atoms with Crippen LogP contribution in [0.5, 0.6) is 5.75 Å². The van der Waals surface area contributed by atoms with Crippen molar-refractivity contribution < 1.29 is 9.53 Å². The first kappa shape index (κ1) is 13.4. The van der Waals surface area contributed by atoms with E-state index in [4.69, 9.17) is 10.5 Å². The molecule has 4 nitrogen and oxygen atoms in total. The third-order valence-electron chi connectivity index (χ3n) is 2.96. The van der Waals surface area contributed by atoms with Crippen LogP contribution in [0, 0.1) is 0 Å². The van der Waals surface area contributed by atoms with Crippen molar-refractivity contribution in [2.75, 3.05) is 19.7 Å². The third-order valence-corrected chi connectivity index (χ3v) is 3.45. The Labute approximate surface area is 115 Å². The summed E-state index contributed by atoms with van der Waals surface area (Å²) < 4.78 is 6.50. The van der Waals surface area contributed by atoms with Gasteiger partial charge >= 0.3 is 0 Å². The minimum atomic E-state index is 0.123. The fourth-order valence-electron chi connectivity index (χ4n) is 1.98. The first-order valence-electron chi connectivity index (χ1n) is 6.07. The molecule has 0 saturated carbocycles. The molecule has 0 aliphatic carbocycles. The first-order valence-corrected chi connectivity index (χ1v) is 6.86. The molecule has 2 N–H and O–H groups in total. The standard InChI is InChI=1S/C13H17BrN2O2/c14-10-2-1-3-12(8-10)18-7-5-13(17)16-6-4-11(15)9-16/h1-3,8,11H,4-7,9,15H2. The van der Waals surface area contributed by atoms with Crippen molar-refractivity contribution in [1.82, 2.24) is 4.90 Å². The van der Waals surface area contributed by atoms with Crippen molar-refractivity contribution in [3.05, 3.63) is 28.7 Å². The second kappa shape index (κ2) is 6.20. The Bertz CT molecular complexity index is 425. The Hall–Kier alpha value is -1.07. The Kier molecular flexibility index (Phi) is 4.60. The zero-order chi connectivity index (χ0) is 13.0. The van der Waals surface area contributed by atoms with E-state index in [0.717, 1.165) is 23.2 Å². The maximum atomic E-state index is 11.8. The number of rotatable bonds is 4. The normalized spacial score (nSPS) is 19.0. The fourth-order valence-corrected chi connectivity index (χ4v) is 2.36. The van der Waals surface area contributed by atoms with E-state index < -0.39 is 0 Å². The van der Waals surface area contributed by atoms with Crippen LogP contribution in [0.15, 0.2) is 28.7 Å². The molecule has 5 heteroatoms. The molecule has 1 unspecified atom stereocenters. The van der Waals surface area contributed by atoms with E-state index >= 15 is 0 Å². The van der Waals surface area contributed by atoms with Crippen LogP contribution in [0.2, 0.25) is 0 Å². The SMILES string of the molecule is NC1CCN(C(=O)CCOc2cccc(Br)c2)C1. The van der Waals surface area contributed by atoms with Crippen LogP contribution >= 0.6 is 15.9 Å². The van der Waals surface area contributed by atoms with Gasteiger partial charge in [-0.25, -0.2) is 0 Å². The molecule has 0 bridgehead atoms. The lowest BCUT2D eigenvalue weighted by atomic mass is 10.3. The van der Waals surface area contributed by atoms with Gasteiger partial charge in [0.15, 0.2) is 0 Å². The van der Waals surface area contributed by atoms with Gasteiger partial charge in [0.05, 0.1) is 13.0 Å². The summed E-state index contributed by atoms with van der Waals surface area (Å²) in [6, 6.07) is 7.74. The molecule has 1 aliphatic rings. The molecule has 1 aliphatic heterocycles. The summed E-state index contributed by atoms with van der Waals surface area (Å²) in [7, 11) is 0. The highest BCUT2D eigenvalue weighted by Gasteiger charge is 2.22. The summed E-state index contributed by atoms with van der Waals surface area (Å²) in [5.74, 6) is 0.897. The summed E-state index contributed by atoms with van der Waals surface area (Å²) in [6.45, 7) is 1.85. The second-order valence-corrected chi connectivity index (χ2v) is 5.36. The molecule has 2 rings (SSSR count). The molecule has 1 atom stereocenters. The topological polar surface area (TPSA) is 55.6 Å². The number of nitrogens with zero attached hydrogens (tertiary/aromatic N) is 1. The van der Waals surface area contributed by atoms with Crippen molar-refractivity contribution >= 4 is 21.8 Å². The number of nitrogens with two attached hydrogens (primary N) is 1. The number of benzene rings is 1. The highest BCUT2D eigenvalue weighted by Crippen LogP contribution is 2.18. The molecule has 0 aromatic heterocycles. The van der Waals surface area contributed by atoms with Gasteiger partial charge in [-0.15, -0.1) is 0 Å². The van der Waals surface area contributed by atoms with E-state index in [0.29, 0.717) is 19.6 Å². The molecule has 1 fully saturated rings. The van der Waals surface area contributed by atoms with Crippen molar-refractivity contribution in [2.45, 2.75) is 18.9 Å². The first-order chi connectivity index (χ1) is 8.65. The summed E-state index contributed by atoms with van der Waals surface area (Å²) in [4.78, 5) is 13.6. The van der Waals surface area contributed by atoms with Gasteiger partial charge in [0.25, 0.3) is 0 Å². The average Bonchev–Trinajstić information content (AvgIpc) is 2.76. The molecule has 98 valence electrons. The van der Waals surface area contributed by atoms with Gasteiger partial charge in [-0.3, -0.25) is 4.79 Å². The minimum Gasteiger partial charge on any atom is -0.493 e. The summed E-state index contributed by atoms with van der Waals surface area (Å²) in [5.41, 5.74) is 5.77. The zero-order valence-corrected chi connectivity index (χ0v) is 11.7. The zero-order valence-electron chi connectivity index (χ0n) is 10.1. The second-order valence-electron chi connectivity index (χ2n) is 4.44.